The summed E-state index contributed by atoms with van der Waals surface area (Å²) in [5, 5.41) is 7.12. The van der Waals surface area contributed by atoms with Crippen molar-refractivity contribution >= 4 is 17.5 Å². The SMILES string of the molecule is C[C@@H](NCC1CCC(=O)N1)c1ccc(Cl)cc1. The summed E-state index contributed by atoms with van der Waals surface area (Å²) in [6.07, 6.45) is 1.58. The summed E-state index contributed by atoms with van der Waals surface area (Å²) in [6.45, 7) is 2.93. The zero-order chi connectivity index (χ0) is 12.3. The Balaban J connectivity index is 1.82. The van der Waals surface area contributed by atoms with E-state index in [4.69, 9.17) is 11.6 Å². The first-order valence-corrected chi connectivity index (χ1v) is 6.31. The molecule has 1 heterocycles. The molecule has 2 N–H and O–H groups in total. The van der Waals surface area contributed by atoms with Gasteiger partial charge in [0.2, 0.25) is 5.91 Å². The Morgan fingerprint density at radius 3 is 2.76 bits per heavy atom. The number of carbonyl (C=O) groups is 1. The highest BCUT2D eigenvalue weighted by Crippen LogP contribution is 2.16. The van der Waals surface area contributed by atoms with E-state index < -0.39 is 0 Å². The maximum Gasteiger partial charge on any atom is 0.220 e. The van der Waals surface area contributed by atoms with E-state index in [1.54, 1.807) is 0 Å². The third-order valence-electron chi connectivity index (χ3n) is 3.13. The average molecular weight is 253 g/mol. The molecule has 2 rings (SSSR count). The van der Waals surface area contributed by atoms with Crippen molar-refractivity contribution in [3.8, 4) is 0 Å². The van der Waals surface area contributed by atoms with Gasteiger partial charge in [0, 0.05) is 30.1 Å². The number of benzene rings is 1. The molecule has 1 aliphatic rings. The van der Waals surface area contributed by atoms with Crippen LogP contribution in [0.4, 0.5) is 0 Å². The Labute approximate surface area is 107 Å². The average Bonchev–Trinajstić information content (AvgIpc) is 2.73. The van der Waals surface area contributed by atoms with Crippen LogP contribution < -0.4 is 10.6 Å². The van der Waals surface area contributed by atoms with E-state index >= 15 is 0 Å². The molecule has 0 aromatic heterocycles. The monoisotopic (exact) mass is 252 g/mol. The van der Waals surface area contributed by atoms with Crippen molar-refractivity contribution in [3.63, 3.8) is 0 Å². The highest BCUT2D eigenvalue weighted by atomic mass is 35.5. The quantitative estimate of drug-likeness (QED) is 0.863. The van der Waals surface area contributed by atoms with Gasteiger partial charge in [0.25, 0.3) is 0 Å². The number of rotatable bonds is 4. The van der Waals surface area contributed by atoms with Gasteiger partial charge in [0.15, 0.2) is 0 Å². The van der Waals surface area contributed by atoms with Crippen molar-refractivity contribution in [3.05, 3.63) is 34.9 Å². The molecule has 4 heteroatoms. The largest absolute Gasteiger partial charge is 0.352 e. The molecule has 1 aromatic carbocycles. The van der Waals surface area contributed by atoms with Gasteiger partial charge in [0.1, 0.15) is 0 Å². The minimum Gasteiger partial charge on any atom is -0.352 e. The van der Waals surface area contributed by atoms with Crippen molar-refractivity contribution in [1.29, 1.82) is 0 Å². The van der Waals surface area contributed by atoms with Crippen LogP contribution in [0.25, 0.3) is 0 Å². The van der Waals surface area contributed by atoms with Gasteiger partial charge in [0.05, 0.1) is 0 Å². The number of hydrogen-bond donors (Lipinski definition) is 2. The number of amides is 1. The lowest BCUT2D eigenvalue weighted by Gasteiger charge is -2.17. The lowest BCUT2D eigenvalue weighted by Crippen LogP contribution is -2.36. The topological polar surface area (TPSA) is 41.1 Å². The Morgan fingerprint density at radius 1 is 1.47 bits per heavy atom. The Morgan fingerprint density at radius 2 is 2.18 bits per heavy atom. The highest BCUT2D eigenvalue weighted by molar-refractivity contribution is 6.30. The predicted molar refractivity (Wildman–Crippen MR) is 69.0 cm³/mol. The van der Waals surface area contributed by atoms with Gasteiger partial charge in [-0.25, -0.2) is 0 Å². The van der Waals surface area contributed by atoms with Crippen molar-refractivity contribution < 1.29 is 4.79 Å². The molecule has 0 spiro atoms. The van der Waals surface area contributed by atoms with Crippen molar-refractivity contribution in [2.45, 2.75) is 31.8 Å². The summed E-state index contributed by atoms with van der Waals surface area (Å²) in [6, 6.07) is 8.38. The van der Waals surface area contributed by atoms with Crippen molar-refractivity contribution in [1.82, 2.24) is 10.6 Å². The molecule has 1 fully saturated rings. The summed E-state index contributed by atoms with van der Waals surface area (Å²) < 4.78 is 0. The first-order valence-electron chi connectivity index (χ1n) is 5.93. The first-order chi connectivity index (χ1) is 8.15. The molecule has 0 aliphatic carbocycles. The second-order valence-corrected chi connectivity index (χ2v) is 4.92. The van der Waals surface area contributed by atoms with Crippen LogP contribution >= 0.6 is 11.6 Å². The second-order valence-electron chi connectivity index (χ2n) is 4.48. The van der Waals surface area contributed by atoms with E-state index in [2.05, 4.69) is 17.6 Å². The molecule has 0 bridgehead atoms. The summed E-state index contributed by atoms with van der Waals surface area (Å²) in [4.78, 5) is 11.1. The van der Waals surface area contributed by atoms with E-state index in [9.17, 15) is 4.79 Å². The van der Waals surface area contributed by atoms with Gasteiger partial charge in [-0.05, 0) is 31.0 Å². The summed E-state index contributed by atoms with van der Waals surface area (Å²) in [5.74, 6) is 0.163. The molecule has 1 aliphatic heterocycles. The lowest BCUT2D eigenvalue weighted by atomic mass is 10.1. The maximum absolute atomic E-state index is 11.1. The predicted octanol–water partition coefficient (Wildman–Crippen LogP) is 2.27. The minimum atomic E-state index is 0.163. The van der Waals surface area contributed by atoms with E-state index in [1.165, 1.54) is 5.56 Å². The van der Waals surface area contributed by atoms with Crippen molar-refractivity contribution in [2.24, 2.45) is 0 Å². The Kier molecular flexibility index (Phi) is 4.02. The molecule has 3 nitrogen and oxygen atoms in total. The molecular formula is C13H17ClN2O. The molecular weight excluding hydrogens is 236 g/mol. The van der Waals surface area contributed by atoms with E-state index in [-0.39, 0.29) is 18.0 Å². The summed E-state index contributed by atoms with van der Waals surface area (Å²) >= 11 is 5.85. The van der Waals surface area contributed by atoms with E-state index in [0.717, 1.165) is 18.0 Å². The number of halogens is 1. The van der Waals surface area contributed by atoms with Crippen LogP contribution in [0.2, 0.25) is 5.02 Å². The molecule has 1 aromatic rings. The minimum absolute atomic E-state index is 0.163. The lowest BCUT2D eigenvalue weighted by molar-refractivity contribution is -0.119. The van der Waals surface area contributed by atoms with Crippen LogP contribution in [0, 0.1) is 0 Å². The fourth-order valence-electron chi connectivity index (χ4n) is 2.02. The van der Waals surface area contributed by atoms with E-state index in [1.807, 2.05) is 24.3 Å². The molecule has 2 atom stereocenters. The Bertz CT molecular complexity index is 391. The number of hydrogen-bond acceptors (Lipinski definition) is 2. The molecule has 0 radical (unpaired) electrons. The van der Waals surface area contributed by atoms with Gasteiger partial charge in [-0.3, -0.25) is 4.79 Å². The fraction of sp³-hybridized carbons (Fsp3) is 0.462. The molecule has 1 unspecified atom stereocenters. The van der Waals surface area contributed by atoms with E-state index in [0.29, 0.717) is 6.42 Å². The third-order valence-corrected chi connectivity index (χ3v) is 3.38. The maximum atomic E-state index is 11.1. The number of carbonyl (C=O) groups excluding carboxylic acids is 1. The number of nitrogens with one attached hydrogen (secondary N) is 2. The van der Waals surface area contributed by atoms with Crippen LogP contribution in [0.3, 0.4) is 0 Å². The standard InChI is InChI=1S/C13H17ClN2O/c1-9(10-2-4-11(14)5-3-10)15-8-12-6-7-13(17)16-12/h2-5,9,12,15H,6-8H2,1H3,(H,16,17)/t9-,12?/m1/s1. The zero-order valence-electron chi connectivity index (χ0n) is 9.87. The third kappa shape index (κ3) is 3.45. The first kappa shape index (κ1) is 12.4. The normalized spacial score (nSPS) is 21.3. The van der Waals surface area contributed by atoms with Crippen LogP contribution in [0.5, 0.6) is 0 Å². The fourth-order valence-corrected chi connectivity index (χ4v) is 2.14. The van der Waals surface area contributed by atoms with Crippen LogP contribution in [-0.2, 0) is 4.79 Å². The van der Waals surface area contributed by atoms with Crippen molar-refractivity contribution in [2.75, 3.05) is 6.54 Å². The summed E-state index contributed by atoms with van der Waals surface area (Å²) in [7, 11) is 0. The van der Waals surface area contributed by atoms with Crippen LogP contribution in [-0.4, -0.2) is 18.5 Å². The van der Waals surface area contributed by atoms with Gasteiger partial charge >= 0.3 is 0 Å². The molecule has 17 heavy (non-hydrogen) atoms. The van der Waals surface area contributed by atoms with Gasteiger partial charge in [-0.2, -0.15) is 0 Å². The van der Waals surface area contributed by atoms with Gasteiger partial charge in [-0.15, -0.1) is 0 Å². The van der Waals surface area contributed by atoms with Gasteiger partial charge in [-0.1, -0.05) is 23.7 Å². The zero-order valence-corrected chi connectivity index (χ0v) is 10.6. The van der Waals surface area contributed by atoms with Crippen LogP contribution in [0.1, 0.15) is 31.4 Å². The highest BCUT2D eigenvalue weighted by Gasteiger charge is 2.20. The Hall–Kier alpha value is -1.06. The molecule has 92 valence electrons. The van der Waals surface area contributed by atoms with Crippen LogP contribution in [0.15, 0.2) is 24.3 Å². The molecule has 1 saturated heterocycles. The van der Waals surface area contributed by atoms with Gasteiger partial charge < -0.3 is 10.6 Å². The smallest absolute Gasteiger partial charge is 0.220 e. The molecule has 0 saturated carbocycles. The molecule has 1 amide bonds. The summed E-state index contributed by atoms with van der Waals surface area (Å²) in [5.41, 5.74) is 1.21. The second kappa shape index (κ2) is 5.52.